The predicted octanol–water partition coefficient (Wildman–Crippen LogP) is 2.10. The SMILES string of the molecule is COc1ccc(/C(C)=N/NC(=O)CNC(=O)c2cccc(F)c2)cc1. The summed E-state index contributed by atoms with van der Waals surface area (Å²) >= 11 is 0. The quantitative estimate of drug-likeness (QED) is 0.623. The van der Waals surface area contributed by atoms with Crippen LogP contribution in [0.1, 0.15) is 22.8 Å². The molecule has 0 radical (unpaired) electrons. The monoisotopic (exact) mass is 343 g/mol. The molecule has 0 aliphatic heterocycles. The van der Waals surface area contributed by atoms with Crippen LogP contribution in [0, 0.1) is 5.82 Å². The highest BCUT2D eigenvalue weighted by Gasteiger charge is 2.08. The highest BCUT2D eigenvalue weighted by molar-refractivity contribution is 6.00. The molecule has 0 heterocycles. The molecular weight excluding hydrogens is 325 g/mol. The van der Waals surface area contributed by atoms with E-state index in [-0.39, 0.29) is 12.1 Å². The third-order valence-electron chi connectivity index (χ3n) is 3.35. The maximum Gasteiger partial charge on any atom is 0.259 e. The van der Waals surface area contributed by atoms with Crippen molar-refractivity contribution in [3.8, 4) is 5.75 Å². The van der Waals surface area contributed by atoms with Crippen molar-refractivity contribution in [2.45, 2.75) is 6.92 Å². The van der Waals surface area contributed by atoms with Gasteiger partial charge < -0.3 is 10.1 Å². The predicted molar refractivity (Wildman–Crippen MR) is 92.1 cm³/mol. The van der Waals surface area contributed by atoms with E-state index >= 15 is 0 Å². The molecule has 2 amide bonds. The Balaban J connectivity index is 1.85. The molecule has 0 aliphatic rings. The van der Waals surface area contributed by atoms with E-state index in [0.717, 1.165) is 17.4 Å². The van der Waals surface area contributed by atoms with Crippen LogP contribution in [-0.4, -0.2) is 31.2 Å². The Morgan fingerprint density at radius 2 is 1.84 bits per heavy atom. The summed E-state index contributed by atoms with van der Waals surface area (Å²) in [5.41, 5.74) is 3.93. The molecule has 0 unspecified atom stereocenters. The van der Waals surface area contributed by atoms with Gasteiger partial charge in [-0.25, -0.2) is 9.82 Å². The topological polar surface area (TPSA) is 79.8 Å². The van der Waals surface area contributed by atoms with Crippen LogP contribution in [0.4, 0.5) is 4.39 Å². The first kappa shape index (κ1) is 18.1. The molecular formula is C18H18FN3O3. The zero-order chi connectivity index (χ0) is 18.2. The minimum Gasteiger partial charge on any atom is -0.497 e. The van der Waals surface area contributed by atoms with Gasteiger partial charge in [-0.2, -0.15) is 5.10 Å². The molecule has 0 saturated carbocycles. The Labute approximate surface area is 144 Å². The fourth-order valence-electron chi connectivity index (χ4n) is 1.97. The van der Waals surface area contributed by atoms with Crippen molar-refractivity contribution in [2.75, 3.05) is 13.7 Å². The summed E-state index contributed by atoms with van der Waals surface area (Å²) in [7, 11) is 1.58. The molecule has 0 aromatic heterocycles. The Morgan fingerprint density at radius 3 is 2.48 bits per heavy atom. The summed E-state index contributed by atoms with van der Waals surface area (Å²) in [6, 6.07) is 12.4. The summed E-state index contributed by atoms with van der Waals surface area (Å²) < 4.78 is 18.1. The van der Waals surface area contributed by atoms with Gasteiger partial charge >= 0.3 is 0 Å². The number of carbonyl (C=O) groups excluding carboxylic acids is 2. The minimum atomic E-state index is -0.537. The van der Waals surface area contributed by atoms with Crippen LogP contribution in [0.15, 0.2) is 53.6 Å². The summed E-state index contributed by atoms with van der Waals surface area (Å²) in [5, 5.41) is 6.38. The third-order valence-corrected chi connectivity index (χ3v) is 3.35. The summed E-state index contributed by atoms with van der Waals surface area (Å²) in [4.78, 5) is 23.6. The summed E-state index contributed by atoms with van der Waals surface area (Å²) in [6.07, 6.45) is 0. The molecule has 25 heavy (non-hydrogen) atoms. The molecule has 0 atom stereocenters. The van der Waals surface area contributed by atoms with E-state index in [1.165, 1.54) is 18.2 Å². The van der Waals surface area contributed by atoms with Gasteiger partial charge in [-0.15, -0.1) is 0 Å². The Kier molecular flexibility index (Phi) is 6.22. The zero-order valence-corrected chi connectivity index (χ0v) is 13.9. The maximum atomic E-state index is 13.1. The second kappa shape index (κ2) is 8.58. The lowest BCUT2D eigenvalue weighted by molar-refractivity contribution is -0.120. The molecule has 0 bridgehead atoms. The van der Waals surface area contributed by atoms with Crippen molar-refractivity contribution in [1.82, 2.24) is 10.7 Å². The normalized spacial score (nSPS) is 10.9. The number of hydrogen-bond acceptors (Lipinski definition) is 4. The van der Waals surface area contributed by atoms with Gasteiger partial charge in [-0.1, -0.05) is 6.07 Å². The van der Waals surface area contributed by atoms with Gasteiger partial charge in [0.2, 0.25) is 0 Å². The molecule has 7 heteroatoms. The number of nitrogens with zero attached hydrogens (tertiary/aromatic N) is 1. The molecule has 2 aromatic carbocycles. The zero-order valence-electron chi connectivity index (χ0n) is 13.9. The largest absolute Gasteiger partial charge is 0.497 e. The van der Waals surface area contributed by atoms with Crippen molar-refractivity contribution >= 4 is 17.5 Å². The molecule has 2 rings (SSSR count). The van der Waals surface area contributed by atoms with Crippen molar-refractivity contribution in [3.05, 3.63) is 65.5 Å². The number of carbonyl (C=O) groups is 2. The van der Waals surface area contributed by atoms with Gasteiger partial charge in [0, 0.05) is 5.56 Å². The lowest BCUT2D eigenvalue weighted by Gasteiger charge is -2.06. The molecule has 2 aromatic rings. The molecule has 130 valence electrons. The van der Waals surface area contributed by atoms with E-state index < -0.39 is 17.6 Å². The second-order valence-corrected chi connectivity index (χ2v) is 5.15. The van der Waals surface area contributed by atoms with Crippen molar-refractivity contribution in [2.24, 2.45) is 5.10 Å². The van der Waals surface area contributed by atoms with Crippen LogP contribution >= 0.6 is 0 Å². The van der Waals surface area contributed by atoms with Crippen molar-refractivity contribution in [3.63, 3.8) is 0 Å². The first-order chi connectivity index (χ1) is 12.0. The van der Waals surface area contributed by atoms with Gasteiger partial charge in [0.25, 0.3) is 11.8 Å². The van der Waals surface area contributed by atoms with Crippen molar-refractivity contribution in [1.29, 1.82) is 0 Å². The Hall–Kier alpha value is -3.22. The molecule has 0 saturated heterocycles. The maximum absolute atomic E-state index is 13.1. The summed E-state index contributed by atoms with van der Waals surface area (Å²) in [6.45, 7) is 1.47. The number of benzene rings is 2. The van der Waals surface area contributed by atoms with Crippen LogP contribution in [0.25, 0.3) is 0 Å². The number of ether oxygens (including phenoxy) is 1. The van der Waals surface area contributed by atoms with Crippen LogP contribution < -0.4 is 15.5 Å². The standard InChI is InChI=1S/C18H18FN3O3/c1-12(13-6-8-16(25-2)9-7-13)21-22-17(23)11-20-18(24)14-4-3-5-15(19)10-14/h3-10H,11H2,1-2H3,(H,20,24)(H,22,23)/b21-12+. The fourth-order valence-corrected chi connectivity index (χ4v) is 1.97. The first-order valence-corrected chi connectivity index (χ1v) is 7.51. The number of nitrogens with one attached hydrogen (secondary N) is 2. The second-order valence-electron chi connectivity index (χ2n) is 5.15. The highest BCUT2D eigenvalue weighted by atomic mass is 19.1. The van der Waals surface area contributed by atoms with Gasteiger partial charge in [0.05, 0.1) is 19.4 Å². The Morgan fingerprint density at radius 1 is 1.12 bits per heavy atom. The minimum absolute atomic E-state index is 0.144. The smallest absolute Gasteiger partial charge is 0.259 e. The fraction of sp³-hybridized carbons (Fsp3) is 0.167. The van der Waals surface area contributed by atoms with Crippen LogP contribution in [0.5, 0.6) is 5.75 Å². The van der Waals surface area contributed by atoms with Gasteiger partial charge in [0.1, 0.15) is 11.6 Å². The summed E-state index contributed by atoms with van der Waals surface area (Å²) in [5.74, 6) is -0.819. The highest BCUT2D eigenvalue weighted by Crippen LogP contribution is 2.11. The van der Waals surface area contributed by atoms with E-state index in [1.54, 1.807) is 26.2 Å². The molecule has 6 nitrogen and oxygen atoms in total. The lowest BCUT2D eigenvalue weighted by Crippen LogP contribution is -2.35. The van der Waals surface area contributed by atoms with Gasteiger partial charge in [0.15, 0.2) is 0 Å². The van der Waals surface area contributed by atoms with Gasteiger partial charge in [-0.05, 0) is 55.0 Å². The number of hydrogen-bond donors (Lipinski definition) is 2. The van der Waals surface area contributed by atoms with E-state index in [4.69, 9.17) is 4.74 Å². The van der Waals surface area contributed by atoms with Gasteiger partial charge in [-0.3, -0.25) is 9.59 Å². The van der Waals surface area contributed by atoms with E-state index in [9.17, 15) is 14.0 Å². The van der Waals surface area contributed by atoms with E-state index in [1.807, 2.05) is 12.1 Å². The number of hydrazone groups is 1. The number of methoxy groups -OCH3 is 1. The average Bonchev–Trinajstić information content (AvgIpc) is 2.64. The average molecular weight is 343 g/mol. The molecule has 0 aliphatic carbocycles. The molecule has 0 fully saturated rings. The third kappa shape index (κ3) is 5.42. The van der Waals surface area contributed by atoms with Crippen LogP contribution in [0.3, 0.4) is 0 Å². The van der Waals surface area contributed by atoms with E-state index in [0.29, 0.717) is 5.71 Å². The van der Waals surface area contributed by atoms with Crippen LogP contribution in [0.2, 0.25) is 0 Å². The number of rotatable bonds is 6. The van der Waals surface area contributed by atoms with Crippen LogP contribution in [-0.2, 0) is 4.79 Å². The van der Waals surface area contributed by atoms with Crippen molar-refractivity contribution < 1.29 is 18.7 Å². The number of halogens is 1. The molecule has 2 N–H and O–H groups in total. The lowest BCUT2D eigenvalue weighted by atomic mass is 10.1. The van der Waals surface area contributed by atoms with E-state index in [2.05, 4.69) is 15.8 Å². The number of amides is 2. The first-order valence-electron chi connectivity index (χ1n) is 7.51. The molecule has 0 spiro atoms. The Bertz CT molecular complexity index is 788.